The van der Waals surface area contributed by atoms with E-state index in [0.717, 1.165) is 36.1 Å². The van der Waals surface area contributed by atoms with Crippen molar-refractivity contribution in [3.8, 4) is 0 Å². The van der Waals surface area contributed by atoms with Gasteiger partial charge in [0.1, 0.15) is 0 Å². The summed E-state index contributed by atoms with van der Waals surface area (Å²) < 4.78 is 35.4. The normalized spacial score (nSPS) is 12.8. The van der Waals surface area contributed by atoms with E-state index in [1.807, 2.05) is 54.0 Å². The largest absolute Gasteiger partial charge is 0.500 e. The van der Waals surface area contributed by atoms with Gasteiger partial charge in [-0.3, -0.25) is 9.98 Å². The fourth-order valence-corrected chi connectivity index (χ4v) is 8.97. The molecule has 0 saturated carbocycles. The SMILES string of the molecule is CCO[Si](CCC/N=C/c1ccc(/C=N/CCC[Si](OCC)(OCC)OCC)cc1)(OCC)OCC. The van der Waals surface area contributed by atoms with Crippen LogP contribution in [0, 0.1) is 0 Å². The van der Waals surface area contributed by atoms with E-state index >= 15 is 0 Å². The van der Waals surface area contributed by atoms with Crippen LogP contribution < -0.4 is 0 Å². The first-order valence-electron chi connectivity index (χ1n) is 13.5. The van der Waals surface area contributed by atoms with Crippen LogP contribution in [0.2, 0.25) is 12.1 Å². The molecular weight excluding hydrogens is 492 g/mol. The first-order chi connectivity index (χ1) is 17.5. The second-order valence-corrected chi connectivity index (χ2v) is 13.4. The summed E-state index contributed by atoms with van der Waals surface area (Å²) in [4.78, 5) is 9.15. The Morgan fingerprint density at radius 3 is 1.06 bits per heavy atom. The molecule has 0 fully saturated rings. The van der Waals surface area contributed by atoms with Gasteiger partial charge in [0, 0.05) is 77.2 Å². The summed E-state index contributed by atoms with van der Waals surface area (Å²) in [5, 5.41) is 0. The van der Waals surface area contributed by atoms with Gasteiger partial charge in [0.15, 0.2) is 0 Å². The molecule has 1 aromatic carbocycles. The molecule has 0 aliphatic rings. The van der Waals surface area contributed by atoms with Crippen LogP contribution >= 0.6 is 0 Å². The average Bonchev–Trinajstić information content (AvgIpc) is 2.85. The highest BCUT2D eigenvalue weighted by Gasteiger charge is 2.40. The molecule has 10 heteroatoms. The Hall–Kier alpha value is -1.25. The first kappa shape index (κ1) is 32.8. The van der Waals surface area contributed by atoms with Gasteiger partial charge in [-0.1, -0.05) is 24.3 Å². The van der Waals surface area contributed by atoms with E-state index in [4.69, 9.17) is 26.6 Å². The molecule has 0 aromatic heterocycles. The van der Waals surface area contributed by atoms with Crippen molar-refractivity contribution in [2.75, 3.05) is 52.7 Å². The van der Waals surface area contributed by atoms with Crippen LogP contribution in [0.4, 0.5) is 0 Å². The molecule has 8 nitrogen and oxygen atoms in total. The summed E-state index contributed by atoms with van der Waals surface area (Å²) >= 11 is 0. The van der Waals surface area contributed by atoms with Gasteiger partial charge >= 0.3 is 17.6 Å². The minimum Gasteiger partial charge on any atom is -0.374 e. The molecule has 1 rings (SSSR count). The van der Waals surface area contributed by atoms with Gasteiger partial charge in [0.05, 0.1) is 0 Å². The molecule has 0 spiro atoms. The smallest absolute Gasteiger partial charge is 0.374 e. The molecule has 0 amide bonds. The highest BCUT2D eigenvalue weighted by molar-refractivity contribution is 6.61. The van der Waals surface area contributed by atoms with Crippen LogP contribution in [0.25, 0.3) is 0 Å². The fraction of sp³-hybridized carbons (Fsp3) is 0.692. The summed E-state index contributed by atoms with van der Waals surface area (Å²) in [7, 11) is -5.16. The highest BCUT2D eigenvalue weighted by atomic mass is 28.4. The number of rotatable bonds is 22. The van der Waals surface area contributed by atoms with Gasteiger partial charge in [-0.15, -0.1) is 0 Å². The molecule has 0 heterocycles. The standard InChI is InChI=1S/C26H48N2O6Si2/c1-7-29-35(30-8-2,31-9-3)21-13-19-27-23-25-15-17-26(18-16-25)24-28-20-14-22-36(32-10-4,33-11-5)34-12-6/h15-18,23-24H,7-14,19-22H2,1-6H3/b27-23+,28-24+. The lowest BCUT2D eigenvalue weighted by Crippen LogP contribution is -2.46. The van der Waals surface area contributed by atoms with Crippen molar-refractivity contribution >= 4 is 30.0 Å². The molecule has 36 heavy (non-hydrogen) atoms. The van der Waals surface area contributed by atoms with Crippen molar-refractivity contribution in [1.82, 2.24) is 0 Å². The lowest BCUT2D eigenvalue weighted by Gasteiger charge is -2.28. The van der Waals surface area contributed by atoms with E-state index in [1.165, 1.54) is 0 Å². The van der Waals surface area contributed by atoms with E-state index < -0.39 is 17.6 Å². The highest BCUT2D eigenvalue weighted by Crippen LogP contribution is 2.19. The van der Waals surface area contributed by atoms with Crippen LogP contribution in [0.1, 0.15) is 65.5 Å². The summed E-state index contributed by atoms with van der Waals surface area (Å²) in [6, 6.07) is 9.78. The Kier molecular flexibility index (Phi) is 18.0. The molecule has 0 bridgehead atoms. The van der Waals surface area contributed by atoms with Gasteiger partial charge < -0.3 is 26.6 Å². The number of hydrogen-bond donors (Lipinski definition) is 0. The monoisotopic (exact) mass is 540 g/mol. The van der Waals surface area contributed by atoms with Crippen molar-refractivity contribution in [3.05, 3.63) is 35.4 Å². The van der Waals surface area contributed by atoms with E-state index in [1.54, 1.807) is 0 Å². The molecule has 0 atom stereocenters. The average molecular weight is 541 g/mol. The van der Waals surface area contributed by atoms with E-state index in [0.29, 0.717) is 52.7 Å². The third kappa shape index (κ3) is 12.8. The van der Waals surface area contributed by atoms with Gasteiger partial charge in [0.2, 0.25) is 0 Å². The number of benzene rings is 1. The fourth-order valence-electron chi connectivity index (χ4n) is 3.78. The minimum atomic E-state index is -2.58. The van der Waals surface area contributed by atoms with E-state index in [9.17, 15) is 0 Å². The van der Waals surface area contributed by atoms with E-state index in [-0.39, 0.29) is 0 Å². The maximum atomic E-state index is 5.90. The maximum Gasteiger partial charge on any atom is 0.500 e. The van der Waals surface area contributed by atoms with Gasteiger partial charge in [0.25, 0.3) is 0 Å². The van der Waals surface area contributed by atoms with Crippen LogP contribution in [-0.4, -0.2) is 82.8 Å². The van der Waals surface area contributed by atoms with Gasteiger partial charge in [-0.05, 0) is 65.5 Å². The summed E-state index contributed by atoms with van der Waals surface area (Å²) in [5.74, 6) is 0. The molecule has 0 unspecified atom stereocenters. The van der Waals surface area contributed by atoms with Crippen LogP contribution in [-0.2, 0) is 26.6 Å². The predicted octanol–water partition coefficient (Wildman–Crippen LogP) is 5.40. The summed E-state index contributed by atoms with van der Waals surface area (Å²) in [5.41, 5.74) is 2.13. The lowest BCUT2D eigenvalue weighted by molar-refractivity contribution is 0.0702. The van der Waals surface area contributed by atoms with Crippen LogP contribution in [0.15, 0.2) is 34.3 Å². The van der Waals surface area contributed by atoms with Crippen molar-refractivity contribution in [3.63, 3.8) is 0 Å². The molecule has 0 aliphatic heterocycles. The molecular formula is C26H48N2O6Si2. The third-order valence-corrected chi connectivity index (χ3v) is 11.4. The zero-order chi connectivity index (χ0) is 26.5. The molecule has 0 N–H and O–H groups in total. The first-order valence-corrected chi connectivity index (χ1v) is 17.3. The summed E-state index contributed by atoms with van der Waals surface area (Å²) in [6.45, 7) is 16.9. The van der Waals surface area contributed by atoms with E-state index in [2.05, 4.69) is 34.3 Å². The van der Waals surface area contributed by atoms with Crippen molar-refractivity contribution in [1.29, 1.82) is 0 Å². The Morgan fingerprint density at radius 1 is 0.528 bits per heavy atom. The van der Waals surface area contributed by atoms with Crippen molar-refractivity contribution in [2.45, 2.75) is 66.5 Å². The van der Waals surface area contributed by atoms with Crippen LogP contribution in [0.3, 0.4) is 0 Å². The minimum absolute atomic E-state index is 0.599. The zero-order valence-electron chi connectivity index (χ0n) is 23.3. The quantitative estimate of drug-likeness (QED) is 0.111. The number of nitrogens with zero attached hydrogens (tertiary/aromatic N) is 2. The van der Waals surface area contributed by atoms with Crippen LogP contribution in [0.5, 0.6) is 0 Å². The molecule has 1 aromatic rings. The Bertz CT molecular complexity index is 639. The maximum absolute atomic E-state index is 5.90. The van der Waals surface area contributed by atoms with Gasteiger partial charge in [-0.2, -0.15) is 0 Å². The Morgan fingerprint density at radius 2 is 0.806 bits per heavy atom. The lowest BCUT2D eigenvalue weighted by atomic mass is 10.1. The Balaban J connectivity index is 2.49. The molecule has 206 valence electrons. The van der Waals surface area contributed by atoms with Gasteiger partial charge in [-0.25, -0.2) is 0 Å². The molecule has 0 radical (unpaired) electrons. The molecule has 0 saturated heterocycles. The topological polar surface area (TPSA) is 80.1 Å². The second-order valence-electron chi connectivity index (χ2n) is 7.91. The summed E-state index contributed by atoms with van der Waals surface area (Å²) in [6.07, 6.45) is 5.55. The number of aliphatic imine (C=N–C) groups is 2. The zero-order valence-corrected chi connectivity index (χ0v) is 25.3. The van der Waals surface area contributed by atoms with Crippen molar-refractivity contribution in [2.24, 2.45) is 9.98 Å². The number of hydrogen-bond acceptors (Lipinski definition) is 8. The predicted molar refractivity (Wildman–Crippen MR) is 151 cm³/mol. The Labute approximate surface area is 221 Å². The third-order valence-electron chi connectivity index (χ3n) is 5.14. The van der Waals surface area contributed by atoms with Crippen molar-refractivity contribution < 1.29 is 26.6 Å². The second kappa shape index (κ2) is 19.8. The molecule has 0 aliphatic carbocycles.